The van der Waals surface area contributed by atoms with E-state index in [1.54, 1.807) is 0 Å². The fourth-order valence-electron chi connectivity index (χ4n) is 3.43. The van der Waals surface area contributed by atoms with E-state index in [1.165, 1.54) is 12.1 Å². The second kappa shape index (κ2) is 14.6. The van der Waals surface area contributed by atoms with Crippen molar-refractivity contribution in [2.45, 2.75) is 58.4 Å². The molecule has 2 rings (SSSR count). The van der Waals surface area contributed by atoms with Gasteiger partial charge in [-0.2, -0.15) is 0 Å². The molecule has 0 aliphatic carbocycles. The SMILES string of the molecule is CC(=O)OC[C@H]1O[C@@H](OCCNC(=O)Oc2ccc([N+](=O)[O-])cc2)[C@H](OC(C)=O)[C@@H](OC(C)=O)[C@@H]1OC(C)=O. The number of hydrogen-bond donors (Lipinski definition) is 1. The molecule has 0 spiro atoms. The Morgan fingerprint density at radius 2 is 1.44 bits per heavy atom. The smallest absolute Gasteiger partial charge is 0.412 e. The van der Waals surface area contributed by atoms with E-state index in [1.807, 2.05) is 0 Å². The fraction of sp³-hybridized carbons (Fsp3) is 0.522. The zero-order valence-electron chi connectivity index (χ0n) is 21.5. The van der Waals surface area contributed by atoms with Crippen molar-refractivity contribution in [2.24, 2.45) is 0 Å². The van der Waals surface area contributed by atoms with Gasteiger partial charge in [-0.1, -0.05) is 0 Å². The Morgan fingerprint density at radius 3 is 1.97 bits per heavy atom. The largest absolute Gasteiger partial charge is 0.463 e. The summed E-state index contributed by atoms with van der Waals surface area (Å²) in [5.41, 5.74) is -0.180. The van der Waals surface area contributed by atoms with Gasteiger partial charge < -0.3 is 38.5 Å². The first-order valence-electron chi connectivity index (χ1n) is 11.5. The Balaban J connectivity index is 2.10. The second-order valence-electron chi connectivity index (χ2n) is 8.01. The molecule has 1 aromatic rings. The summed E-state index contributed by atoms with van der Waals surface area (Å²) < 4.78 is 37.2. The van der Waals surface area contributed by atoms with Gasteiger partial charge in [0.25, 0.3) is 5.69 Å². The number of benzene rings is 1. The van der Waals surface area contributed by atoms with Gasteiger partial charge in [-0.05, 0) is 12.1 Å². The molecule has 0 radical (unpaired) electrons. The molecule has 1 saturated heterocycles. The molecule has 16 nitrogen and oxygen atoms in total. The summed E-state index contributed by atoms with van der Waals surface area (Å²) in [4.78, 5) is 68.9. The van der Waals surface area contributed by atoms with Crippen molar-refractivity contribution in [2.75, 3.05) is 19.8 Å². The summed E-state index contributed by atoms with van der Waals surface area (Å²) in [6.45, 7) is 3.62. The zero-order valence-corrected chi connectivity index (χ0v) is 21.5. The fourth-order valence-corrected chi connectivity index (χ4v) is 3.43. The molecule has 0 bridgehead atoms. The Kier molecular flexibility index (Phi) is 11.6. The number of nitrogens with zero attached hydrogens (tertiary/aromatic N) is 1. The van der Waals surface area contributed by atoms with Crippen LogP contribution in [0.4, 0.5) is 10.5 Å². The van der Waals surface area contributed by atoms with Crippen LogP contribution in [0.25, 0.3) is 0 Å². The van der Waals surface area contributed by atoms with Gasteiger partial charge in [-0.25, -0.2) is 4.79 Å². The van der Waals surface area contributed by atoms with E-state index in [2.05, 4.69) is 5.32 Å². The molecular formula is C23H28N2O14. The summed E-state index contributed by atoms with van der Waals surface area (Å²) in [6, 6.07) is 4.81. The first kappa shape index (κ1) is 30.9. The number of carbonyl (C=O) groups excluding carboxylic acids is 5. The highest BCUT2D eigenvalue weighted by Gasteiger charge is 2.52. The number of rotatable bonds is 11. The normalized spacial score (nSPS) is 22.1. The maximum absolute atomic E-state index is 12.0. The second-order valence-corrected chi connectivity index (χ2v) is 8.01. The topological polar surface area (TPSA) is 205 Å². The van der Waals surface area contributed by atoms with Crippen molar-refractivity contribution in [1.82, 2.24) is 5.32 Å². The predicted octanol–water partition coefficient (Wildman–Crippen LogP) is 0.783. The molecule has 0 unspecified atom stereocenters. The van der Waals surface area contributed by atoms with E-state index in [0.717, 1.165) is 39.8 Å². The number of ether oxygens (including phenoxy) is 7. The number of carbonyl (C=O) groups is 5. The van der Waals surface area contributed by atoms with Crippen LogP contribution in [0.15, 0.2) is 24.3 Å². The van der Waals surface area contributed by atoms with Crippen molar-refractivity contribution >= 4 is 35.7 Å². The number of hydrogen-bond acceptors (Lipinski definition) is 14. The van der Waals surface area contributed by atoms with Crippen molar-refractivity contribution in [3.63, 3.8) is 0 Å². The number of non-ortho nitro benzene ring substituents is 1. The number of esters is 4. The molecule has 1 aliphatic rings. The Morgan fingerprint density at radius 1 is 0.872 bits per heavy atom. The van der Waals surface area contributed by atoms with Gasteiger partial charge >= 0.3 is 30.0 Å². The highest BCUT2D eigenvalue weighted by atomic mass is 16.7. The minimum Gasteiger partial charge on any atom is -0.463 e. The van der Waals surface area contributed by atoms with Gasteiger partial charge in [0.1, 0.15) is 18.5 Å². The average molecular weight is 556 g/mol. The lowest BCUT2D eigenvalue weighted by molar-refractivity contribution is -0.384. The highest BCUT2D eigenvalue weighted by Crippen LogP contribution is 2.30. The third-order valence-corrected chi connectivity index (χ3v) is 4.86. The first-order chi connectivity index (χ1) is 18.4. The monoisotopic (exact) mass is 556 g/mol. The minimum atomic E-state index is -1.41. The Bertz CT molecular complexity index is 1060. The van der Waals surface area contributed by atoms with Gasteiger partial charge in [-0.15, -0.1) is 0 Å². The first-order valence-corrected chi connectivity index (χ1v) is 11.5. The van der Waals surface area contributed by atoms with Crippen molar-refractivity contribution < 1.29 is 62.1 Å². The molecular weight excluding hydrogens is 528 g/mol. The van der Waals surface area contributed by atoms with E-state index in [4.69, 9.17) is 33.2 Å². The maximum Gasteiger partial charge on any atom is 0.412 e. The summed E-state index contributed by atoms with van der Waals surface area (Å²) in [7, 11) is 0. The van der Waals surface area contributed by atoms with Gasteiger partial charge in [0.15, 0.2) is 24.6 Å². The van der Waals surface area contributed by atoms with Crippen LogP contribution in [0.3, 0.4) is 0 Å². The van der Waals surface area contributed by atoms with Gasteiger partial charge in [-0.3, -0.25) is 29.3 Å². The summed E-state index contributed by atoms with van der Waals surface area (Å²) in [5, 5.41) is 13.1. The van der Waals surface area contributed by atoms with Crippen LogP contribution < -0.4 is 10.1 Å². The van der Waals surface area contributed by atoms with E-state index in [0.29, 0.717) is 0 Å². The summed E-state index contributed by atoms with van der Waals surface area (Å²) >= 11 is 0. The van der Waals surface area contributed by atoms with Crippen LogP contribution in [0.5, 0.6) is 5.75 Å². The lowest BCUT2D eigenvalue weighted by Crippen LogP contribution is -2.63. The van der Waals surface area contributed by atoms with E-state index < -0.39 is 72.2 Å². The summed E-state index contributed by atoms with van der Waals surface area (Å²) in [6.07, 6.45) is -7.61. The zero-order chi connectivity index (χ0) is 29.1. The molecule has 16 heteroatoms. The highest BCUT2D eigenvalue weighted by molar-refractivity contribution is 5.70. The predicted molar refractivity (Wildman–Crippen MR) is 125 cm³/mol. The third-order valence-electron chi connectivity index (χ3n) is 4.86. The van der Waals surface area contributed by atoms with Crippen molar-refractivity contribution in [3.8, 4) is 5.75 Å². The molecule has 1 fully saturated rings. The van der Waals surface area contributed by atoms with Gasteiger partial charge in [0.2, 0.25) is 0 Å². The maximum atomic E-state index is 12.0. The van der Waals surface area contributed by atoms with Gasteiger partial charge in [0.05, 0.1) is 11.5 Å². The number of nitrogens with one attached hydrogen (secondary N) is 1. The quantitative estimate of drug-likeness (QED) is 0.131. The molecule has 1 heterocycles. The Hall–Kier alpha value is -4.31. The standard InChI is InChI=1S/C23H28N2O14/c1-12(26)34-11-18-19(35-13(2)27)20(36-14(3)28)21(37-15(4)29)22(39-18)33-10-9-24-23(30)38-17-7-5-16(6-8-17)25(31)32/h5-8,18-22H,9-11H2,1-4H3,(H,24,30)/t18-,19-,20+,21-,22-/m1/s1. The molecule has 214 valence electrons. The molecule has 1 amide bonds. The number of nitro groups is 1. The van der Waals surface area contributed by atoms with Crippen LogP contribution in [0.2, 0.25) is 0 Å². The van der Waals surface area contributed by atoms with Crippen LogP contribution in [-0.2, 0) is 47.6 Å². The van der Waals surface area contributed by atoms with Crippen LogP contribution in [0, 0.1) is 10.1 Å². The average Bonchev–Trinajstić information content (AvgIpc) is 2.83. The third kappa shape index (κ3) is 10.2. The summed E-state index contributed by atoms with van der Waals surface area (Å²) in [5.74, 6) is -2.97. The molecule has 1 N–H and O–H groups in total. The molecule has 39 heavy (non-hydrogen) atoms. The number of amides is 1. The van der Waals surface area contributed by atoms with E-state index in [-0.39, 0.29) is 24.6 Å². The molecule has 1 aromatic carbocycles. The van der Waals surface area contributed by atoms with Crippen LogP contribution in [0.1, 0.15) is 27.7 Å². The molecule has 1 aliphatic heterocycles. The van der Waals surface area contributed by atoms with E-state index in [9.17, 15) is 34.1 Å². The number of nitro benzene ring substituents is 1. The molecule has 0 aromatic heterocycles. The van der Waals surface area contributed by atoms with Gasteiger partial charge in [0, 0.05) is 46.4 Å². The van der Waals surface area contributed by atoms with Crippen molar-refractivity contribution in [3.05, 3.63) is 34.4 Å². The molecule has 5 atom stereocenters. The molecule has 0 saturated carbocycles. The lowest BCUT2D eigenvalue weighted by atomic mass is 9.98. The minimum absolute atomic E-state index is 0.0543. The van der Waals surface area contributed by atoms with Crippen LogP contribution in [-0.4, -0.2) is 85.4 Å². The lowest BCUT2D eigenvalue weighted by Gasteiger charge is -2.44. The Labute approximate surface area is 221 Å². The van der Waals surface area contributed by atoms with Crippen molar-refractivity contribution in [1.29, 1.82) is 0 Å². The van der Waals surface area contributed by atoms with Crippen LogP contribution >= 0.6 is 0 Å². The van der Waals surface area contributed by atoms with E-state index >= 15 is 0 Å².